The fourth-order valence-corrected chi connectivity index (χ4v) is 1.71. The Bertz CT molecular complexity index is 262. The van der Waals surface area contributed by atoms with Crippen molar-refractivity contribution in [3.8, 4) is 0 Å². The molecule has 0 bridgehead atoms. The van der Waals surface area contributed by atoms with Crippen molar-refractivity contribution in [2.45, 2.75) is 25.0 Å². The highest BCUT2D eigenvalue weighted by atomic mass is 35.5. The summed E-state index contributed by atoms with van der Waals surface area (Å²) in [4.78, 5) is 0. The lowest BCUT2D eigenvalue weighted by atomic mass is 9.94. The summed E-state index contributed by atoms with van der Waals surface area (Å²) in [6.07, 6.45) is 5.25. The van der Waals surface area contributed by atoms with Gasteiger partial charge in [-0.15, -0.1) is 29.9 Å². The van der Waals surface area contributed by atoms with Gasteiger partial charge in [-0.2, -0.15) is 0 Å². The van der Waals surface area contributed by atoms with Crippen LogP contribution in [0, 0.1) is 0 Å². The van der Waals surface area contributed by atoms with Gasteiger partial charge in [-0.05, 0) is 19.4 Å². The van der Waals surface area contributed by atoms with Gasteiger partial charge in [0.25, 0.3) is 0 Å². The lowest BCUT2D eigenvalue weighted by molar-refractivity contribution is -0.00265. The molecule has 5 nitrogen and oxygen atoms in total. The SMILES string of the molecule is Cl.Cl.OC1(Cn2ccnn2)CCCNC1. The van der Waals surface area contributed by atoms with Crippen molar-refractivity contribution in [2.75, 3.05) is 13.1 Å². The van der Waals surface area contributed by atoms with Crippen LogP contribution in [0.5, 0.6) is 0 Å². The predicted molar refractivity (Wildman–Crippen MR) is 61.6 cm³/mol. The van der Waals surface area contributed by atoms with Crippen molar-refractivity contribution in [2.24, 2.45) is 0 Å². The first-order chi connectivity index (χ1) is 6.29. The molecule has 1 aliphatic rings. The normalized spacial score (nSPS) is 25.1. The van der Waals surface area contributed by atoms with Gasteiger partial charge in [-0.3, -0.25) is 0 Å². The second kappa shape index (κ2) is 6.27. The molecule has 2 rings (SSSR count). The van der Waals surface area contributed by atoms with Crippen LogP contribution in [0.25, 0.3) is 0 Å². The summed E-state index contributed by atoms with van der Waals surface area (Å²) in [5, 5.41) is 20.8. The Morgan fingerprint density at radius 2 is 2.27 bits per heavy atom. The van der Waals surface area contributed by atoms with E-state index in [-0.39, 0.29) is 24.8 Å². The van der Waals surface area contributed by atoms with Crippen molar-refractivity contribution in [3.63, 3.8) is 0 Å². The Morgan fingerprint density at radius 1 is 1.47 bits per heavy atom. The summed E-state index contributed by atoms with van der Waals surface area (Å²) in [7, 11) is 0. The first-order valence-corrected chi connectivity index (χ1v) is 4.56. The van der Waals surface area contributed by atoms with Crippen molar-refractivity contribution in [1.29, 1.82) is 0 Å². The standard InChI is InChI=1S/C8H14N4O.2ClH/c13-8(2-1-3-9-6-8)7-12-5-4-10-11-12;;/h4-5,9,13H,1-3,6-7H2;2*1H. The second-order valence-corrected chi connectivity index (χ2v) is 3.61. The van der Waals surface area contributed by atoms with Crippen LogP contribution in [0.4, 0.5) is 0 Å². The van der Waals surface area contributed by atoms with Gasteiger partial charge in [-0.1, -0.05) is 5.21 Å². The van der Waals surface area contributed by atoms with E-state index in [2.05, 4.69) is 15.6 Å². The van der Waals surface area contributed by atoms with Crippen LogP contribution in [-0.4, -0.2) is 38.8 Å². The molecule has 1 aliphatic heterocycles. The highest BCUT2D eigenvalue weighted by molar-refractivity contribution is 5.85. The fraction of sp³-hybridized carbons (Fsp3) is 0.750. The third kappa shape index (κ3) is 3.95. The molecule has 0 aromatic carbocycles. The summed E-state index contributed by atoms with van der Waals surface area (Å²) >= 11 is 0. The van der Waals surface area contributed by atoms with Crippen molar-refractivity contribution >= 4 is 24.8 Å². The van der Waals surface area contributed by atoms with E-state index >= 15 is 0 Å². The van der Waals surface area contributed by atoms with E-state index in [0.717, 1.165) is 19.4 Å². The van der Waals surface area contributed by atoms with Crippen LogP contribution in [-0.2, 0) is 6.54 Å². The molecule has 2 N–H and O–H groups in total. The van der Waals surface area contributed by atoms with Gasteiger partial charge in [-0.25, -0.2) is 4.68 Å². The molecule has 88 valence electrons. The molecule has 1 aromatic heterocycles. The molecule has 7 heteroatoms. The first-order valence-electron chi connectivity index (χ1n) is 4.56. The number of hydrogen-bond donors (Lipinski definition) is 2. The number of nitrogens with zero attached hydrogens (tertiary/aromatic N) is 3. The zero-order valence-electron chi connectivity index (χ0n) is 8.30. The minimum absolute atomic E-state index is 0. The molecular formula is C8H16Cl2N4O. The van der Waals surface area contributed by atoms with Crippen LogP contribution >= 0.6 is 24.8 Å². The third-order valence-corrected chi connectivity index (χ3v) is 2.38. The van der Waals surface area contributed by atoms with E-state index in [0.29, 0.717) is 13.1 Å². The first kappa shape index (κ1) is 14.6. The molecular weight excluding hydrogens is 239 g/mol. The minimum Gasteiger partial charge on any atom is -0.387 e. The van der Waals surface area contributed by atoms with Crippen LogP contribution in [0.15, 0.2) is 12.4 Å². The number of β-amino-alcohol motifs (C(OH)–C–C–N with tert-alkyl or cyclic N) is 1. The predicted octanol–water partition coefficient (Wildman–Crippen LogP) is 0.236. The topological polar surface area (TPSA) is 63.0 Å². The number of hydrogen-bond acceptors (Lipinski definition) is 4. The lowest BCUT2D eigenvalue weighted by Crippen LogP contribution is -2.48. The van der Waals surface area contributed by atoms with Gasteiger partial charge >= 0.3 is 0 Å². The fourth-order valence-electron chi connectivity index (χ4n) is 1.71. The zero-order chi connectivity index (χ0) is 9.15. The molecule has 0 radical (unpaired) electrons. The Hall–Kier alpha value is -0.360. The monoisotopic (exact) mass is 254 g/mol. The number of piperidine rings is 1. The average Bonchev–Trinajstić information content (AvgIpc) is 2.57. The van der Waals surface area contributed by atoms with E-state index in [9.17, 15) is 5.11 Å². The van der Waals surface area contributed by atoms with Crippen molar-refractivity contribution in [3.05, 3.63) is 12.4 Å². The molecule has 0 spiro atoms. The van der Waals surface area contributed by atoms with Crippen LogP contribution in [0.2, 0.25) is 0 Å². The highest BCUT2D eigenvalue weighted by Crippen LogP contribution is 2.17. The molecule has 0 amide bonds. The Balaban J connectivity index is 0.000000980. The van der Waals surface area contributed by atoms with Crippen molar-refractivity contribution in [1.82, 2.24) is 20.3 Å². The molecule has 0 saturated carbocycles. The van der Waals surface area contributed by atoms with Gasteiger partial charge < -0.3 is 10.4 Å². The van der Waals surface area contributed by atoms with Gasteiger partial charge in [0.2, 0.25) is 0 Å². The van der Waals surface area contributed by atoms with E-state index in [1.165, 1.54) is 0 Å². The largest absolute Gasteiger partial charge is 0.387 e. The maximum atomic E-state index is 10.1. The van der Waals surface area contributed by atoms with E-state index in [4.69, 9.17) is 0 Å². The van der Waals surface area contributed by atoms with Crippen molar-refractivity contribution < 1.29 is 5.11 Å². The summed E-state index contributed by atoms with van der Waals surface area (Å²) < 4.78 is 1.67. The summed E-state index contributed by atoms with van der Waals surface area (Å²) in [6, 6.07) is 0. The number of aliphatic hydroxyl groups is 1. The molecule has 1 unspecified atom stereocenters. The Kier molecular flexibility index (Phi) is 6.12. The van der Waals surface area contributed by atoms with Gasteiger partial charge in [0.15, 0.2) is 0 Å². The number of rotatable bonds is 2. The summed E-state index contributed by atoms with van der Waals surface area (Å²) in [5.74, 6) is 0. The highest BCUT2D eigenvalue weighted by Gasteiger charge is 2.29. The molecule has 1 fully saturated rings. The third-order valence-electron chi connectivity index (χ3n) is 2.38. The second-order valence-electron chi connectivity index (χ2n) is 3.61. The van der Waals surface area contributed by atoms with Crippen LogP contribution < -0.4 is 5.32 Å². The zero-order valence-corrected chi connectivity index (χ0v) is 9.93. The summed E-state index contributed by atoms with van der Waals surface area (Å²) in [6.45, 7) is 2.17. The lowest BCUT2D eigenvalue weighted by Gasteiger charge is -2.32. The van der Waals surface area contributed by atoms with Gasteiger partial charge in [0.1, 0.15) is 0 Å². The Labute approximate surface area is 101 Å². The molecule has 2 heterocycles. The van der Waals surface area contributed by atoms with E-state index in [1.54, 1.807) is 17.1 Å². The summed E-state index contributed by atoms with van der Waals surface area (Å²) in [5.41, 5.74) is -0.647. The maximum absolute atomic E-state index is 10.1. The van der Waals surface area contributed by atoms with E-state index in [1.807, 2.05) is 0 Å². The van der Waals surface area contributed by atoms with Gasteiger partial charge in [0, 0.05) is 12.7 Å². The molecule has 0 aliphatic carbocycles. The molecule has 15 heavy (non-hydrogen) atoms. The maximum Gasteiger partial charge on any atom is 0.0967 e. The smallest absolute Gasteiger partial charge is 0.0967 e. The average molecular weight is 255 g/mol. The molecule has 1 atom stereocenters. The minimum atomic E-state index is -0.647. The Morgan fingerprint density at radius 3 is 2.80 bits per heavy atom. The molecule has 1 saturated heterocycles. The number of nitrogens with one attached hydrogen (secondary N) is 1. The molecule has 1 aromatic rings. The van der Waals surface area contributed by atoms with E-state index < -0.39 is 5.60 Å². The van der Waals surface area contributed by atoms with Crippen LogP contribution in [0.1, 0.15) is 12.8 Å². The van der Waals surface area contributed by atoms with Gasteiger partial charge in [0.05, 0.1) is 18.3 Å². The quantitative estimate of drug-likeness (QED) is 0.794. The number of aromatic nitrogens is 3. The number of halogens is 2. The van der Waals surface area contributed by atoms with Crippen LogP contribution in [0.3, 0.4) is 0 Å².